The molecule has 22 heavy (non-hydrogen) atoms. The topological polar surface area (TPSA) is 75.9 Å². The van der Waals surface area contributed by atoms with Crippen LogP contribution in [-0.2, 0) is 9.53 Å². The van der Waals surface area contributed by atoms with Crippen molar-refractivity contribution in [3.8, 4) is 0 Å². The van der Waals surface area contributed by atoms with Crippen LogP contribution in [0.25, 0.3) is 0 Å². The molecular weight excluding hydrogens is 286 g/mol. The van der Waals surface area contributed by atoms with Gasteiger partial charge in [0.25, 0.3) is 5.91 Å². The van der Waals surface area contributed by atoms with Crippen LogP contribution < -0.4 is 0 Å². The van der Waals surface area contributed by atoms with Gasteiger partial charge < -0.3 is 19.1 Å². The van der Waals surface area contributed by atoms with Gasteiger partial charge in [-0.15, -0.1) is 0 Å². The Balaban J connectivity index is 1.74. The van der Waals surface area contributed by atoms with Crippen LogP contribution in [-0.4, -0.2) is 65.7 Å². The molecule has 120 valence electrons. The van der Waals surface area contributed by atoms with Crippen LogP contribution in [0.2, 0.25) is 0 Å². The molecule has 2 fully saturated rings. The summed E-state index contributed by atoms with van der Waals surface area (Å²) in [6.45, 7) is 6.53. The Labute approximate surface area is 129 Å². The molecule has 2 amide bonds. The van der Waals surface area contributed by atoms with Crippen molar-refractivity contribution >= 4 is 11.8 Å². The summed E-state index contributed by atoms with van der Waals surface area (Å²) in [5.74, 6) is -0.0551. The molecule has 1 aromatic rings. The van der Waals surface area contributed by atoms with Crippen LogP contribution in [0.5, 0.6) is 0 Å². The number of carbonyl (C=O) groups is 2. The van der Waals surface area contributed by atoms with Crippen molar-refractivity contribution < 1.29 is 18.8 Å². The summed E-state index contributed by atoms with van der Waals surface area (Å²) in [4.78, 5) is 28.2. The van der Waals surface area contributed by atoms with Gasteiger partial charge in [-0.05, 0) is 20.3 Å². The molecule has 2 aliphatic rings. The zero-order valence-electron chi connectivity index (χ0n) is 12.9. The summed E-state index contributed by atoms with van der Waals surface area (Å²) in [6.07, 6.45) is 3.63. The van der Waals surface area contributed by atoms with Gasteiger partial charge >= 0.3 is 0 Å². The zero-order chi connectivity index (χ0) is 15.7. The van der Waals surface area contributed by atoms with E-state index in [4.69, 9.17) is 9.26 Å². The van der Waals surface area contributed by atoms with E-state index in [1.54, 1.807) is 4.90 Å². The molecule has 1 aromatic heterocycles. The molecule has 1 atom stereocenters. The fraction of sp³-hybridized carbons (Fsp3) is 0.667. The highest BCUT2D eigenvalue weighted by Crippen LogP contribution is 2.34. The Morgan fingerprint density at radius 2 is 2.23 bits per heavy atom. The van der Waals surface area contributed by atoms with Crippen LogP contribution in [0.3, 0.4) is 0 Å². The second-order valence-corrected chi connectivity index (χ2v) is 6.50. The Bertz CT molecular complexity index is 557. The maximum Gasteiger partial charge on any atom is 0.258 e. The van der Waals surface area contributed by atoms with E-state index in [2.05, 4.69) is 5.16 Å². The fourth-order valence-corrected chi connectivity index (χ4v) is 3.25. The highest BCUT2D eigenvalue weighted by molar-refractivity contribution is 5.93. The van der Waals surface area contributed by atoms with Gasteiger partial charge in [-0.1, -0.05) is 5.16 Å². The van der Waals surface area contributed by atoms with E-state index in [1.807, 2.05) is 18.7 Å². The number of hydrogen-bond acceptors (Lipinski definition) is 5. The molecule has 0 aromatic carbocycles. The molecule has 0 bridgehead atoms. The normalized spacial score (nSPS) is 26.0. The highest BCUT2D eigenvalue weighted by Gasteiger charge is 2.44. The molecule has 3 heterocycles. The van der Waals surface area contributed by atoms with E-state index in [-0.39, 0.29) is 29.9 Å². The summed E-state index contributed by atoms with van der Waals surface area (Å²) >= 11 is 0. The Hall–Kier alpha value is -1.89. The van der Waals surface area contributed by atoms with Crippen molar-refractivity contribution in [2.75, 3.05) is 32.8 Å². The average Bonchev–Trinajstić information content (AvgIpc) is 3.10. The minimum Gasteiger partial charge on any atom is -0.371 e. The van der Waals surface area contributed by atoms with Gasteiger partial charge in [0.2, 0.25) is 5.91 Å². The number of aromatic nitrogens is 1. The average molecular weight is 307 g/mol. The standard InChI is InChI=1S/C15H21N3O4/c1-11(2)18-9-15(10-21-7-13(18)19)3-4-17(8-15)14(20)12-5-16-22-6-12/h5-6,11H,3-4,7-10H2,1-2H3. The minimum atomic E-state index is -0.177. The monoisotopic (exact) mass is 307 g/mol. The first-order valence-corrected chi connectivity index (χ1v) is 7.57. The van der Waals surface area contributed by atoms with Crippen LogP contribution >= 0.6 is 0 Å². The van der Waals surface area contributed by atoms with Gasteiger partial charge in [-0.2, -0.15) is 0 Å². The third-order valence-electron chi connectivity index (χ3n) is 4.49. The quantitative estimate of drug-likeness (QED) is 0.807. The number of carbonyl (C=O) groups excluding carboxylic acids is 2. The number of ether oxygens (including phenoxy) is 1. The second-order valence-electron chi connectivity index (χ2n) is 6.50. The first-order chi connectivity index (χ1) is 10.5. The lowest BCUT2D eigenvalue weighted by molar-refractivity contribution is -0.135. The lowest BCUT2D eigenvalue weighted by Gasteiger charge is -2.34. The van der Waals surface area contributed by atoms with Gasteiger partial charge in [0.15, 0.2) is 0 Å². The molecule has 7 heteroatoms. The maximum absolute atomic E-state index is 12.4. The Morgan fingerprint density at radius 1 is 1.41 bits per heavy atom. The highest BCUT2D eigenvalue weighted by atomic mass is 16.5. The summed E-state index contributed by atoms with van der Waals surface area (Å²) in [5.41, 5.74) is 0.284. The first kappa shape index (κ1) is 15.0. The Kier molecular flexibility index (Phi) is 3.90. The van der Waals surface area contributed by atoms with E-state index >= 15 is 0 Å². The summed E-state index contributed by atoms with van der Waals surface area (Å²) in [5, 5.41) is 3.58. The third kappa shape index (κ3) is 2.72. The Morgan fingerprint density at radius 3 is 2.91 bits per heavy atom. The largest absolute Gasteiger partial charge is 0.371 e. The van der Waals surface area contributed by atoms with E-state index in [0.29, 0.717) is 31.8 Å². The van der Waals surface area contributed by atoms with Gasteiger partial charge in [0.05, 0.1) is 18.4 Å². The van der Waals surface area contributed by atoms with Crippen molar-refractivity contribution in [3.63, 3.8) is 0 Å². The molecule has 0 aliphatic carbocycles. The predicted molar refractivity (Wildman–Crippen MR) is 77.1 cm³/mol. The summed E-state index contributed by atoms with van der Waals surface area (Å²) < 4.78 is 10.3. The SMILES string of the molecule is CC(C)N1CC2(CCN(C(=O)c3cnoc3)C2)COCC1=O. The molecule has 2 aliphatic heterocycles. The minimum absolute atomic E-state index is 0.0238. The number of hydrogen-bond donors (Lipinski definition) is 0. The molecule has 0 radical (unpaired) electrons. The number of rotatable bonds is 2. The van der Waals surface area contributed by atoms with Crippen LogP contribution in [0.15, 0.2) is 17.0 Å². The number of amides is 2. The van der Waals surface area contributed by atoms with Crippen molar-refractivity contribution in [3.05, 3.63) is 18.0 Å². The fourth-order valence-electron chi connectivity index (χ4n) is 3.25. The summed E-state index contributed by atoms with van der Waals surface area (Å²) in [6, 6.07) is 0.133. The smallest absolute Gasteiger partial charge is 0.258 e. The third-order valence-corrected chi connectivity index (χ3v) is 4.49. The van der Waals surface area contributed by atoms with Crippen molar-refractivity contribution in [2.24, 2.45) is 5.41 Å². The summed E-state index contributed by atoms with van der Waals surface area (Å²) in [7, 11) is 0. The lowest BCUT2D eigenvalue weighted by atomic mass is 9.87. The van der Waals surface area contributed by atoms with Gasteiger partial charge in [0, 0.05) is 31.1 Å². The van der Waals surface area contributed by atoms with Crippen molar-refractivity contribution in [1.82, 2.24) is 15.0 Å². The molecule has 0 N–H and O–H groups in total. The molecule has 7 nitrogen and oxygen atoms in total. The van der Waals surface area contributed by atoms with Gasteiger partial charge in [0.1, 0.15) is 12.9 Å². The second kappa shape index (κ2) is 5.72. The molecular formula is C15H21N3O4. The van der Waals surface area contributed by atoms with Crippen molar-refractivity contribution in [1.29, 1.82) is 0 Å². The lowest BCUT2D eigenvalue weighted by Crippen LogP contribution is -2.46. The molecule has 1 unspecified atom stereocenters. The number of likely N-dealkylation sites (tertiary alicyclic amines) is 1. The van der Waals surface area contributed by atoms with Gasteiger partial charge in [-0.3, -0.25) is 9.59 Å². The van der Waals surface area contributed by atoms with E-state index < -0.39 is 0 Å². The molecule has 2 saturated heterocycles. The van der Waals surface area contributed by atoms with Crippen LogP contribution in [0, 0.1) is 5.41 Å². The molecule has 0 saturated carbocycles. The number of nitrogens with zero attached hydrogens (tertiary/aromatic N) is 3. The predicted octanol–water partition coefficient (Wildman–Crippen LogP) is 0.774. The first-order valence-electron chi connectivity index (χ1n) is 7.57. The van der Waals surface area contributed by atoms with E-state index in [1.165, 1.54) is 12.5 Å². The van der Waals surface area contributed by atoms with E-state index in [9.17, 15) is 9.59 Å². The van der Waals surface area contributed by atoms with Gasteiger partial charge in [-0.25, -0.2) is 0 Å². The molecule has 1 spiro atoms. The maximum atomic E-state index is 12.4. The molecule has 3 rings (SSSR count). The van der Waals surface area contributed by atoms with Crippen molar-refractivity contribution in [2.45, 2.75) is 26.3 Å². The van der Waals surface area contributed by atoms with Crippen LogP contribution in [0.1, 0.15) is 30.6 Å². The van der Waals surface area contributed by atoms with E-state index in [0.717, 1.165) is 6.42 Å². The van der Waals surface area contributed by atoms with Crippen LogP contribution in [0.4, 0.5) is 0 Å². The zero-order valence-corrected chi connectivity index (χ0v) is 12.9.